The van der Waals surface area contributed by atoms with Crippen molar-refractivity contribution in [3.05, 3.63) is 65.0 Å². The second-order valence-electron chi connectivity index (χ2n) is 6.99. The van der Waals surface area contributed by atoms with Crippen LogP contribution in [0.4, 0.5) is 10.7 Å². The molecule has 1 heterocycles. The van der Waals surface area contributed by atoms with Crippen LogP contribution in [-0.2, 0) is 9.59 Å². The SMILES string of the molecule is CCCC(=O)Nc1cccc(SCC(=O)Nc2scc(-c3ccc(C)cc3)c2C#N)c1. The predicted molar refractivity (Wildman–Crippen MR) is 129 cm³/mol. The van der Waals surface area contributed by atoms with E-state index in [9.17, 15) is 14.9 Å². The minimum absolute atomic E-state index is 0.0199. The van der Waals surface area contributed by atoms with Crippen LogP contribution >= 0.6 is 23.1 Å². The number of nitriles is 1. The van der Waals surface area contributed by atoms with Crippen LogP contribution in [0.25, 0.3) is 11.1 Å². The summed E-state index contributed by atoms with van der Waals surface area (Å²) in [6.45, 7) is 3.97. The van der Waals surface area contributed by atoms with E-state index in [1.807, 2.05) is 67.8 Å². The molecule has 2 aromatic carbocycles. The number of rotatable bonds is 8. The van der Waals surface area contributed by atoms with E-state index in [1.165, 1.54) is 23.1 Å². The maximum absolute atomic E-state index is 12.5. The Morgan fingerprint density at radius 3 is 2.58 bits per heavy atom. The number of aryl methyl sites for hydroxylation is 1. The van der Waals surface area contributed by atoms with Crippen LogP contribution in [0.3, 0.4) is 0 Å². The second kappa shape index (κ2) is 10.8. The van der Waals surface area contributed by atoms with Gasteiger partial charge in [0.05, 0.1) is 11.3 Å². The topological polar surface area (TPSA) is 82.0 Å². The van der Waals surface area contributed by atoms with Crippen LogP contribution in [0.5, 0.6) is 0 Å². The molecule has 0 fully saturated rings. The van der Waals surface area contributed by atoms with Gasteiger partial charge in [0.25, 0.3) is 0 Å². The Bertz CT molecular complexity index is 1110. The number of hydrogen-bond acceptors (Lipinski definition) is 5. The van der Waals surface area contributed by atoms with E-state index < -0.39 is 0 Å². The lowest BCUT2D eigenvalue weighted by molar-refractivity contribution is -0.116. The minimum atomic E-state index is -0.181. The molecule has 0 aliphatic heterocycles. The molecule has 7 heteroatoms. The van der Waals surface area contributed by atoms with E-state index in [2.05, 4.69) is 16.7 Å². The smallest absolute Gasteiger partial charge is 0.235 e. The summed E-state index contributed by atoms with van der Waals surface area (Å²) in [4.78, 5) is 25.1. The lowest BCUT2D eigenvalue weighted by Crippen LogP contribution is -2.14. The molecule has 0 bridgehead atoms. The number of carbonyl (C=O) groups excluding carboxylic acids is 2. The van der Waals surface area contributed by atoms with E-state index in [0.29, 0.717) is 17.0 Å². The highest BCUT2D eigenvalue weighted by atomic mass is 32.2. The molecule has 0 aliphatic carbocycles. The molecule has 2 amide bonds. The van der Waals surface area contributed by atoms with E-state index >= 15 is 0 Å². The predicted octanol–water partition coefficient (Wildman–Crippen LogP) is 6.06. The maximum Gasteiger partial charge on any atom is 0.235 e. The third-order valence-corrected chi connectivity index (χ3v) is 6.37. The number of nitrogens with zero attached hydrogens (tertiary/aromatic N) is 1. The molecule has 0 radical (unpaired) electrons. The van der Waals surface area contributed by atoms with Crippen LogP contribution in [0.15, 0.2) is 58.8 Å². The fourth-order valence-corrected chi connectivity index (χ4v) is 4.62. The van der Waals surface area contributed by atoms with Crippen LogP contribution in [0.2, 0.25) is 0 Å². The van der Waals surface area contributed by atoms with Crippen molar-refractivity contribution in [2.75, 3.05) is 16.4 Å². The van der Waals surface area contributed by atoms with E-state index in [-0.39, 0.29) is 17.6 Å². The Morgan fingerprint density at radius 1 is 1.10 bits per heavy atom. The van der Waals surface area contributed by atoms with Crippen LogP contribution in [-0.4, -0.2) is 17.6 Å². The first-order chi connectivity index (χ1) is 15.0. The van der Waals surface area contributed by atoms with Gasteiger partial charge in [-0.3, -0.25) is 9.59 Å². The van der Waals surface area contributed by atoms with Crippen molar-refractivity contribution in [2.45, 2.75) is 31.6 Å². The average Bonchev–Trinajstić information content (AvgIpc) is 3.15. The molecule has 3 rings (SSSR count). The fourth-order valence-electron chi connectivity index (χ4n) is 2.93. The molecular weight excluding hydrogens is 426 g/mol. The number of amides is 2. The van der Waals surface area contributed by atoms with E-state index in [0.717, 1.165) is 33.7 Å². The third-order valence-electron chi connectivity index (χ3n) is 4.48. The Labute approximate surface area is 190 Å². The molecule has 0 aliphatic rings. The summed E-state index contributed by atoms with van der Waals surface area (Å²) in [7, 11) is 0. The van der Waals surface area contributed by atoms with Gasteiger partial charge in [0.1, 0.15) is 11.1 Å². The van der Waals surface area contributed by atoms with Crippen molar-refractivity contribution in [2.24, 2.45) is 0 Å². The fraction of sp³-hybridized carbons (Fsp3) is 0.208. The molecule has 5 nitrogen and oxygen atoms in total. The summed E-state index contributed by atoms with van der Waals surface area (Å²) in [5.74, 6) is 0.00219. The highest BCUT2D eigenvalue weighted by Crippen LogP contribution is 2.35. The van der Waals surface area contributed by atoms with Crippen molar-refractivity contribution in [1.82, 2.24) is 0 Å². The zero-order valence-electron chi connectivity index (χ0n) is 17.4. The third kappa shape index (κ3) is 6.20. The molecule has 0 spiro atoms. The molecule has 3 aromatic rings. The number of hydrogen-bond donors (Lipinski definition) is 2. The molecule has 0 saturated carbocycles. The van der Waals surface area contributed by atoms with Gasteiger partial charge < -0.3 is 10.6 Å². The van der Waals surface area contributed by atoms with Gasteiger partial charge in [-0.05, 0) is 37.1 Å². The largest absolute Gasteiger partial charge is 0.326 e. The zero-order valence-corrected chi connectivity index (χ0v) is 19.0. The molecule has 0 atom stereocenters. The van der Waals surface area contributed by atoms with E-state index in [4.69, 9.17) is 0 Å². The van der Waals surface area contributed by atoms with E-state index in [1.54, 1.807) is 0 Å². The van der Waals surface area contributed by atoms with Gasteiger partial charge >= 0.3 is 0 Å². The molecule has 0 unspecified atom stereocenters. The summed E-state index contributed by atoms with van der Waals surface area (Å²) in [6, 6.07) is 17.6. The quantitative estimate of drug-likeness (QED) is 0.409. The average molecular weight is 450 g/mol. The standard InChI is InChI=1S/C24H23N3O2S2/c1-3-5-22(28)26-18-6-4-7-19(12-18)30-15-23(29)27-24-20(13-25)21(14-31-24)17-10-8-16(2)9-11-17/h4,6-12,14H,3,5,15H2,1-2H3,(H,26,28)(H,27,29). The highest BCUT2D eigenvalue weighted by Gasteiger charge is 2.15. The van der Waals surface area contributed by atoms with Gasteiger partial charge in [-0.2, -0.15) is 5.26 Å². The Hall–Kier alpha value is -3.08. The van der Waals surface area contributed by atoms with Crippen LogP contribution in [0, 0.1) is 18.3 Å². The van der Waals surface area contributed by atoms with Gasteiger partial charge in [0.2, 0.25) is 11.8 Å². The van der Waals surface area contributed by atoms with Gasteiger partial charge in [-0.25, -0.2) is 0 Å². The maximum atomic E-state index is 12.5. The molecule has 0 saturated heterocycles. The summed E-state index contributed by atoms with van der Waals surface area (Å²) in [5, 5.41) is 17.8. The number of nitrogens with one attached hydrogen (secondary N) is 2. The molecule has 2 N–H and O–H groups in total. The van der Waals surface area contributed by atoms with Gasteiger partial charge in [-0.1, -0.05) is 42.8 Å². The zero-order chi connectivity index (χ0) is 22.2. The Balaban J connectivity index is 1.62. The minimum Gasteiger partial charge on any atom is -0.326 e. The van der Waals surface area contributed by atoms with Crippen molar-refractivity contribution in [3.8, 4) is 17.2 Å². The van der Waals surface area contributed by atoms with Crippen molar-refractivity contribution < 1.29 is 9.59 Å². The summed E-state index contributed by atoms with van der Waals surface area (Å²) in [6.07, 6.45) is 1.27. The van der Waals surface area contributed by atoms with Crippen molar-refractivity contribution in [3.63, 3.8) is 0 Å². The number of benzene rings is 2. The van der Waals surface area contributed by atoms with Crippen molar-refractivity contribution >= 4 is 45.6 Å². The first-order valence-corrected chi connectivity index (χ1v) is 11.8. The summed E-state index contributed by atoms with van der Waals surface area (Å²) < 4.78 is 0. The lowest BCUT2D eigenvalue weighted by Gasteiger charge is -2.07. The molecular formula is C24H23N3O2S2. The first-order valence-electron chi connectivity index (χ1n) is 9.91. The van der Waals surface area contributed by atoms with Gasteiger partial charge in [0, 0.05) is 27.9 Å². The first kappa shape index (κ1) is 22.6. The number of thiophene rings is 1. The van der Waals surface area contributed by atoms with Crippen molar-refractivity contribution in [1.29, 1.82) is 5.26 Å². The number of thioether (sulfide) groups is 1. The lowest BCUT2D eigenvalue weighted by atomic mass is 10.0. The second-order valence-corrected chi connectivity index (χ2v) is 8.92. The summed E-state index contributed by atoms with van der Waals surface area (Å²) >= 11 is 2.73. The normalized spacial score (nSPS) is 10.4. The van der Waals surface area contributed by atoms with Crippen LogP contribution in [0.1, 0.15) is 30.9 Å². The Morgan fingerprint density at radius 2 is 1.87 bits per heavy atom. The molecule has 1 aromatic heterocycles. The highest BCUT2D eigenvalue weighted by molar-refractivity contribution is 8.00. The molecule has 31 heavy (non-hydrogen) atoms. The monoisotopic (exact) mass is 449 g/mol. The number of anilines is 2. The van der Waals surface area contributed by atoms with Gasteiger partial charge in [0.15, 0.2) is 0 Å². The Kier molecular flexibility index (Phi) is 7.88. The number of carbonyl (C=O) groups is 2. The summed E-state index contributed by atoms with van der Waals surface area (Å²) in [5.41, 5.74) is 4.13. The van der Waals surface area contributed by atoms with Crippen LogP contribution < -0.4 is 10.6 Å². The molecule has 158 valence electrons. The van der Waals surface area contributed by atoms with Gasteiger partial charge in [-0.15, -0.1) is 23.1 Å².